The molecule has 1 aromatic rings. The number of benzene rings is 1. The number of allylic oxidation sites excluding steroid dienone is 4. The molecule has 0 heteroatoms. The SMILES string of the molecule is C=C/C(CC)=C(\C=C/c1ccc(CC)c(CC)c1)CC. The largest absolute Gasteiger partial charge is 0.0988 e. The van der Waals surface area contributed by atoms with Crippen LogP contribution in [0, 0.1) is 0 Å². The Morgan fingerprint density at radius 2 is 1.60 bits per heavy atom. The van der Waals surface area contributed by atoms with Crippen LogP contribution in [0.25, 0.3) is 6.08 Å². The third-order valence-corrected chi connectivity index (χ3v) is 3.89. The van der Waals surface area contributed by atoms with Crippen molar-refractivity contribution in [1.82, 2.24) is 0 Å². The lowest BCUT2D eigenvalue weighted by Gasteiger charge is -2.08. The molecule has 0 bridgehead atoms. The van der Waals surface area contributed by atoms with Gasteiger partial charge in [0.2, 0.25) is 0 Å². The van der Waals surface area contributed by atoms with Crippen LogP contribution < -0.4 is 0 Å². The topological polar surface area (TPSA) is 0 Å². The minimum Gasteiger partial charge on any atom is -0.0988 e. The van der Waals surface area contributed by atoms with Crippen LogP contribution >= 0.6 is 0 Å². The van der Waals surface area contributed by atoms with Gasteiger partial charge in [-0.2, -0.15) is 0 Å². The van der Waals surface area contributed by atoms with Gasteiger partial charge in [-0.25, -0.2) is 0 Å². The number of hydrogen-bond acceptors (Lipinski definition) is 0. The van der Waals surface area contributed by atoms with Crippen LogP contribution in [0.15, 0.2) is 48.1 Å². The molecular formula is C20H28. The van der Waals surface area contributed by atoms with Gasteiger partial charge in [0.25, 0.3) is 0 Å². The van der Waals surface area contributed by atoms with Crippen molar-refractivity contribution in [2.24, 2.45) is 0 Å². The van der Waals surface area contributed by atoms with Crippen LogP contribution in [0.3, 0.4) is 0 Å². The fourth-order valence-electron chi connectivity index (χ4n) is 2.57. The molecule has 0 radical (unpaired) electrons. The molecule has 0 nitrogen and oxygen atoms in total. The molecular weight excluding hydrogens is 240 g/mol. The van der Waals surface area contributed by atoms with E-state index in [4.69, 9.17) is 0 Å². The van der Waals surface area contributed by atoms with Gasteiger partial charge in [0.05, 0.1) is 0 Å². The minimum atomic E-state index is 1.05. The summed E-state index contributed by atoms with van der Waals surface area (Å²) >= 11 is 0. The van der Waals surface area contributed by atoms with Crippen LogP contribution in [0.4, 0.5) is 0 Å². The zero-order valence-corrected chi connectivity index (χ0v) is 13.5. The maximum absolute atomic E-state index is 3.91. The van der Waals surface area contributed by atoms with Crippen molar-refractivity contribution in [1.29, 1.82) is 0 Å². The van der Waals surface area contributed by atoms with Crippen LogP contribution in [0.5, 0.6) is 0 Å². The van der Waals surface area contributed by atoms with E-state index in [-0.39, 0.29) is 0 Å². The summed E-state index contributed by atoms with van der Waals surface area (Å²) in [6, 6.07) is 6.81. The molecule has 0 aliphatic rings. The average Bonchev–Trinajstić information content (AvgIpc) is 2.51. The van der Waals surface area contributed by atoms with Crippen molar-refractivity contribution in [3.8, 4) is 0 Å². The summed E-state index contributed by atoms with van der Waals surface area (Å²) in [7, 11) is 0. The highest BCUT2D eigenvalue weighted by Gasteiger charge is 2.00. The molecule has 1 aromatic carbocycles. The van der Waals surface area contributed by atoms with Crippen molar-refractivity contribution in [3.05, 3.63) is 64.8 Å². The zero-order valence-electron chi connectivity index (χ0n) is 13.5. The lowest BCUT2D eigenvalue weighted by Crippen LogP contribution is -1.91. The molecule has 0 amide bonds. The highest BCUT2D eigenvalue weighted by Crippen LogP contribution is 2.19. The smallest absolute Gasteiger partial charge is 0.0254 e. The average molecular weight is 268 g/mol. The van der Waals surface area contributed by atoms with Gasteiger partial charge < -0.3 is 0 Å². The molecule has 0 aliphatic carbocycles. The summed E-state index contributed by atoms with van der Waals surface area (Å²) < 4.78 is 0. The molecule has 0 N–H and O–H groups in total. The highest BCUT2D eigenvalue weighted by molar-refractivity contribution is 5.56. The molecule has 0 aromatic heterocycles. The van der Waals surface area contributed by atoms with Crippen molar-refractivity contribution >= 4 is 6.08 Å². The first-order valence-electron chi connectivity index (χ1n) is 7.84. The number of rotatable bonds is 7. The standard InChI is InChI=1S/C20H28/c1-6-17(7-2)18(8-3)13-11-16-12-14-19(9-4)20(10-5)15-16/h6,11-15H,1,7-10H2,2-5H3/b13-11-,18-17+. The van der Waals surface area contributed by atoms with E-state index in [0.29, 0.717) is 0 Å². The third kappa shape index (κ3) is 4.23. The van der Waals surface area contributed by atoms with Crippen LogP contribution in [0.1, 0.15) is 57.2 Å². The van der Waals surface area contributed by atoms with Gasteiger partial charge in [0, 0.05) is 0 Å². The Morgan fingerprint density at radius 3 is 2.10 bits per heavy atom. The highest BCUT2D eigenvalue weighted by atomic mass is 14.1. The first-order valence-corrected chi connectivity index (χ1v) is 7.84. The molecule has 0 heterocycles. The van der Waals surface area contributed by atoms with Crippen molar-refractivity contribution in [2.45, 2.75) is 53.4 Å². The van der Waals surface area contributed by atoms with Crippen LogP contribution in [-0.2, 0) is 12.8 Å². The van der Waals surface area contributed by atoms with Crippen molar-refractivity contribution in [2.75, 3.05) is 0 Å². The quantitative estimate of drug-likeness (QED) is 0.522. The first-order chi connectivity index (χ1) is 9.69. The molecule has 0 spiro atoms. The Labute approximate surface area is 124 Å². The maximum Gasteiger partial charge on any atom is -0.0254 e. The van der Waals surface area contributed by atoms with E-state index >= 15 is 0 Å². The molecule has 0 saturated heterocycles. The van der Waals surface area contributed by atoms with Gasteiger partial charge in [0.1, 0.15) is 0 Å². The third-order valence-electron chi connectivity index (χ3n) is 3.89. The molecule has 0 aliphatic heterocycles. The summed E-state index contributed by atoms with van der Waals surface area (Å²) in [5, 5.41) is 0. The number of hydrogen-bond donors (Lipinski definition) is 0. The van der Waals surface area contributed by atoms with Gasteiger partial charge >= 0.3 is 0 Å². The van der Waals surface area contributed by atoms with Gasteiger partial charge in [-0.15, -0.1) is 0 Å². The summed E-state index contributed by atoms with van der Waals surface area (Å²) in [5.74, 6) is 0. The molecule has 20 heavy (non-hydrogen) atoms. The second kappa shape index (κ2) is 8.58. The summed E-state index contributed by atoms with van der Waals surface area (Å²) in [6.07, 6.45) is 10.8. The second-order valence-corrected chi connectivity index (χ2v) is 5.03. The monoisotopic (exact) mass is 268 g/mol. The van der Waals surface area contributed by atoms with Crippen LogP contribution in [0.2, 0.25) is 0 Å². The summed E-state index contributed by atoms with van der Waals surface area (Å²) in [4.78, 5) is 0. The zero-order chi connectivity index (χ0) is 15.0. The van der Waals surface area contributed by atoms with Crippen molar-refractivity contribution in [3.63, 3.8) is 0 Å². The molecule has 0 saturated carbocycles. The second-order valence-electron chi connectivity index (χ2n) is 5.03. The lowest BCUT2D eigenvalue weighted by molar-refractivity contribution is 1.04. The van der Waals surface area contributed by atoms with E-state index in [1.54, 1.807) is 0 Å². The predicted molar refractivity (Wildman–Crippen MR) is 92.0 cm³/mol. The Hall–Kier alpha value is -1.56. The fraction of sp³-hybridized carbons (Fsp3) is 0.400. The Morgan fingerprint density at radius 1 is 0.950 bits per heavy atom. The van der Waals surface area contributed by atoms with Gasteiger partial charge in [-0.05, 0) is 53.5 Å². The van der Waals surface area contributed by atoms with Gasteiger partial charge in [0.15, 0.2) is 0 Å². The minimum absolute atomic E-state index is 1.05. The van der Waals surface area contributed by atoms with E-state index in [9.17, 15) is 0 Å². The molecule has 0 unspecified atom stereocenters. The first kappa shape index (κ1) is 16.5. The Balaban J connectivity index is 3.05. The van der Waals surface area contributed by atoms with Gasteiger partial charge in [-0.3, -0.25) is 0 Å². The van der Waals surface area contributed by atoms with E-state index in [1.165, 1.54) is 27.8 Å². The van der Waals surface area contributed by atoms with E-state index < -0.39 is 0 Å². The Kier molecular flexibility index (Phi) is 7.08. The predicted octanol–water partition coefficient (Wildman–Crippen LogP) is 6.13. The summed E-state index contributed by atoms with van der Waals surface area (Å²) in [5.41, 5.74) is 6.97. The van der Waals surface area contributed by atoms with E-state index in [1.807, 2.05) is 6.08 Å². The lowest BCUT2D eigenvalue weighted by atomic mass is 9.98. The number of aryl methyl sites for hydroxylation is 2. The molecule has 0 atom stereocenters. The fourth-order valence-corrected chi connectivity index (χ4v) is 2.57. The molecule has 108 valence electrons. The van der Waals surface area contributed by atoms with Crippen LogP contribution in [-0.4, -0.2) is 0 Å². The summed E-state index contributed by atoms with van der Waals surface area (Å²) in [6.45, 7) is 12.8. The van der Waals surface area contributed by atoms with E-state index in [0.717, 1.165) is 25.7 Å². The maximum atomic E-state index is 3.91. The molecule has 0 fully saturated rings. The molecule has 1 rings (SSSR count). The normalized spacial score (nSPS) is 12.6. The Bertz CT molecular complexity index is 501. The van der Waals surface area contributed by atoms with E-state index in [2.05, 4.69) is 64.6 Å². The van der Waals surface area contributed by atoms with Crippen molar-refractivity contribution < 1.29 is 0 Å². The van der Waals surface area contributed by atoms with Gasteiger partial charge in [-0.1, -0.05) is 70.7 Å².